The molecule has 0 spiro atoms. The Morgan fingerprint density at radius 1 is 1.40 bits per heavy atom. The van der Waals surface area contributed by atoms with Crippen LogP contribution in [-0.2, 0) is 0 Å². The monoisotopic (exact) mass is 291 g/mol. The quantitative estimate of drug-likeness (QED) is 0.862. The van der Waals surface area contributed by atoms with E-state index in [2.05, 4.69) is 29.4 Å². The van der Waals surface area contributed by atoms with Gasteiger partial charge in [-0.1, -0.05) is 25.4 Å². The fourth-order valence-electron chi connectivity index (χ4n) is 2.92. The smallest absolute Gasteiger partial charge is 0.182 e. The van der Waals surface area contributed by atoms with Gasteiger partial charge in [-0.05, 0) is 53.3 Å². The molecule has 0 aliphatic heterocycles. The molecule has 20 heavy (non-hydrogen) atoms. The average molecular weight is 292 g/mol. The number of rotatable bonds is 2. The van der Waals surface area contributed by atoms with Gasteiger partial charge in [0.2, 0.25) is 0 Å². The molecule has 1 aliphatic rings. The topological polar surface area (TPSA) is 69.6 Å². The van der Waals surface area contributed by atoms with Crippen molar-refractivity contribution >= 4 is 17.3 Å². The number of hydrogen-bond donors (Lipinski definition) is 1. The van der Waals surface area contributed by atoms with Gasteiger partial charge in [0.05, 0.1) is 16.8 Å². The zero-order chi connectivity index (χ0) is 14.3. The summed E-state index contributed by atoms with van der Waals surface area (Å²) in [6, 6.07) is 5.86. The van der Waals surface area contributed by atoms with E-state index in [1.165, 1.54) is 6.42 Å². The highest BCUT2D eigenvalue weighted by atomic mass is 35.5. The second kappa shape index (κ2) is 4.74. The number of hydrogen-bond acceptors (Lipinski definition) is 4. The van der Waals surface area contributed by atoms with Gasteiger partial charge in [-0.2, -0.15) is 0 Å². The number of benzene rings is 1. The van der Waals surface area contributed by atoms with Gasteiger partial charge in [-0.25, -0.2) is 4.68 Å². The molecule has 1 aromatic carbocycles. The molecule has 106 valence electrons. The minimum absolute atomic E-state index is 0.354. The molecule has 0 radical (unpaired) electrons. The van der Waals surface area contributed by atoms with Crippen molar-refractivity contribution in [2.24, 2.45) is 5.41 Å². The van der Waals surface area contributed by atoms with Crippen molar-refractivity contribution in [2.75, 3.05) is 5.73 Å². The van der Waals surface area contributed by atoms with Crippen LogP contribution in [0.2, 0.25) is 5.02 Å². The summed E-state index contributed by atoms with van der Waals surface area (Å²) in [5, 5.41) is 12.7. The molecule has 0 amide bonds. The molecule has 1 fully saturated rings. The lowest BCUT2D eigenvalue weighted by atomic mass is 9.92. The summed E-state index contributed by atoms with van der Waals surface area (Å²) in [5.74, 6) is 0.760. The molecule has 2 N–H and O–H groups in total. The summed E-state index contributed by atoms with van der Waals surface area (Å²) in [6.45, 7) is 4.58. The van der Waals surface area contributed by atoms with Crippen LogP contribution in [-0.4, -0.2) is 20.2 Å². The number of nitrogens with zero attached hydrogens (tertiary/aromatic N) is 4. The highest BCUT2D eigenvalue weighted by Gasteiger charge is 2.34. The van der Waals surface area contributed by atoms with Crippen LogP contribution in [0, 0.1) is 5.41 Å². The van der Waals surface area contributed by atoms with E-state index in [-0.39, 0.29) is 0 Å². The summed E-state index contributed by atoms with van der Waals surface area (Å²) in [4.78, 5) is 0. The molecule has 1 heterocycles. The lowest BCUT2D eigenvalue weighted by molar-refractivity contribution is 0.349. The van der Waals surface area contributed by atoms with Gasteiger partial charge in [0, 0.05) is 5.56 Å². The van der Waals surface area contributed by atoms with Crippen LogP contribution in [0.25, 0.3) is 11.4 Å². The summed E-state index contributed by atoms with van der Waals surface area (Å²) in [7, 11) is 0. The first-order valence-corrected chi connectivity index (χ1v) is 7.17. The molecule has 1 saturated carbocycles. The van der Waals surface area contributed by atoms with Crippen LogP contribution in [0.3, 0.4) is 0 Å². The fraction of sp³-hybridized carbons (Fsp3) is 0.500. The second-order valence-electron chi connectivity index (χ2n) is 6.24. The lowest BCUT2D eigenvalue weighted by Gasteiger charge is -2.17. The lowest BCUT2D eigenvalue weighted by Crippen LogP contribution is -2.12. The third-order valence-electron chi connectivity index (χ3n) is 4.04. The average Bonchev–Trinajstić information content (AvgIpc) is 2.98. The maximum absolute atomic E-state index is 5.96. The molecule has 3 rings (SSSR count). The van der Waals surface area contributed by atoms with E-state index in [1.54, 1.807) is 6.07 Å². The number of halogens is 1. The second-order valence-corrected chi connectivity index (χ2v) is 6.65. The zero-order valence-electron chi connectivity index (χ0n) is 11.7. The highest BCUT2D eigenvalue weighted by Crippen LogP contribution is 2.44. The molecule has 1 aliphatic carbocycles. The number of nitrogens with two attached hydrogens (primary N) is 1. The molecular weight excluding hydrogens is 274 g/mol. The standard InChI is InChI=1S/C14H18ClN5/c1-14(2)6-5-10(8-14)20-13(17-18-19-20)9-3-4-11(15)12(16)7-9/h3-4,7,10H,5-6,8,16H2,1-2H3. The van der Waals surface area contributed by atoms with Gasteiger partial charge < -0.3 is 5.73 Å². The Labute approximate surface area is 123 Å². The van der Waals surface area contributed by atoms with Gasteiger partial charge in [0.15, 0.2) is 5.82 Å². The Hall–Kier alpha value is -1.62. The molecule has 5 nitrogen and oxygen atoms in total. The molecule has 1 aromatic heterocycles. The number of anilines is 1. The normalized spacial score (nSPS) is 21.2. The van der Waals surface area contributed by atoms with Crippen molar-refractivity contribution < 1.29 is 0 Å². The molecule has 1 atom stereocenters. The fourth-order valence-corrected chi connectivity index (χ4v) is 3.04. The van der Waals surface area contributed by atoms with Crippen molar-refractivity contribution in [3.63, 3.8) is 0 Å². The Balaban J connectivity index is 1.96. The largest absolute Gasteiger partial charge is 0.398 e. The van der Waals surface area contributed by atoms with E-state index in [4.69, 9.17) is 17.3 Å². The van der Waals surface area contributed by atoms with Gasteiger partial charge in [-0.15, -0.1) is 5.10 Å². The third-order valence-corrected chi connectivity index (χ3v) is 4.38. The van der Waals surface area contributed by atoms with Crippen molar-refractivity contribution in [1.29, 1.82) is 0 Å². The summed E-state index contributed by atoms with van der Waals surface area (Å²) in [6.07, 6.45) is 3.39. The van der Waals surface area contributed by atoms with Crippen molar-refractivity contribution in [2.45, 2.75) is 39.2 Å². The van der Waals surface area contributed by atoms with Gasteiger partial charge in [0.25, 0.3) is 0 Å². The summed E-state index contributed by atoms with van der Waals surface area (Å²) in [5.41, 5.74) is 7.67. The molecule has 2 aromatic rings. The maximum Gasteiger partial charge on any atom is 0.182 e. The van der Waals surface area contributed by atoms with E-state index in [0.29, 0.717) is 22.2 Å². The number of tetrazole rings is 1. The first-order chi connectivity index (χ1) is 9.46. The SMILES string of the molecule is CC1(C)CCC(n2nnnc2-c2ccc(Cl)c(N)c2)C1. The predicted octanol–water partition coefficient (Wildman–Crippen LogP) is 3.33. The van der Waals surface area contributed by atoms with Crippen LogP contribution < -0.4 is 5.73 Å². The van der Waals surface area contributed by atoms with E-state index < -0.39 is 0 Å². The maximum atomic E-state index is 5.96. The van der Waals surface area contributed by atoms with Crippen LogP contribution in [0.15, 0.2) is 18.2 Å². The summed E-state index contributed by atoms with van der Waals surface area (Å²) >= 11 is 5.96. The van der Waals surface area contributed by atoms with Crippen molar-refractivity contribution in [1.82, 2.24) is 20.2 Å². The minimum atomic E-state index is 0.354. The molecule has 1 unspecified atom stereocenters. The van der Waals surface area contributed by atoms with Crippen LogP contribution in [0.5, 0.6) is 0 Å². The Bertz CT molecular complexity index is 634. The van der Waals surface area contributed by atoms with E-state index in [9.17, 15) is 0 Å². The number of aromatic nitrogens is 4. The van der Waals surface area contributed by atoms with Crippen LogP contribution in [0.4, 0.5) is 5.69 Å². The third kappa shape index (κ3) is 2.38. The molecule has 0 saturated heterocycles. The van der Waals surface area contributed by atoms with Gasteiger partial charge in [-0.3, -0.25) is 0 Å². The first-order valence-electron chi connectivity index (χ1n) is 6.79. The molecule has 0 bridgehead atoms. The van der Waals surface area contributed by atoms with Gasteiger partial charge in [0.1, 0.15) is 0 Å². The Morgan fingerprint density at radius 3 is 2.85 bits per heavy atom. The van der Waals surface area contributed by atoms with Crippen molar-refractivity contribution in [3.05, 3.63) is 23.2 Å². The minimum Gasteiger partial charge on any atom is -0.398 e. The number of nitrogen functional groups attached to an aromatic ring is 1. The van der Waals surface area contributed by atoms with Crippen LogP contribution >= 0.6 is 11.6 Å². The first kappa shape index (κ1) is 13.4. The Kier molecular flexibility index (Phi) is 3.17. The van der Waals surface area contributed by atoms with Crippen LogP contribution in [0.1, 0.15) is 39.2 Å². The highest BCUT2D eigenvalue weighted by molar-refractivity contribution is 6.33. The van der Waals surface area contributed by atoms with E-state index in [1.807, 2.05) is 16.8 Å². The summed E-state index contributed by atoms with van der Waals surface area (Å²) < 4.78 is 1.93. The zero-order valence-corrected chi connectivity index (χ0v) is 12.4. The predicted molar refractivity (Wildman–Crippen MR) is 79.3 cm³/mol. The van der Waals surface area contributed by atoms with Crippen molar-refractivity contribution in [3.8, 4) is 11.4 Å². The van der Waals surface area contributed by atoms with E-state index in [0.717, 1.165) is 24.2 Å². The molecule has 6 heteroatoms. The van der Waals surface area contributed by atoms with Gasteiger partial charge >= 0.3 is 0 Å². The Morgan fingerprint density at radius 2 is 2.20 bits per heavy atom. The molecular formula is C14H18ClN5. The van der Waals surface area contributed by atoms with E-state index >= 15 is 0 Å².